The Kier molecular flexibility index (Phi) is 4.39. The highest BCUT2D eigenvalue weighted by Gasteiger charge is 2.29. The van der Waals surface area contributed by atoms with Gasteiger partial charge in [0.2, 0.25) is 17.7 Å². The maximum absolute atomic E-state index is 11.5. The fourth-order valence-corrected chi connectivity index (χ4v) is 2.15. The third-order valence-electron chi connectivity index (χ3n) is 3.00. The molecule has 1 atom stereocenters. The van der Waals surface area contributed by atoms with E-state index in [0.29, 0.717) is 24.9 Å². The number of rotatable bonds is 4. The van der Waals surface area contributed by atoms with Crippen molar-refractivity contribution in [2.24, 2.45) is 5.73 Å². The number of nitrogens with one attached hydrogen (secondary N) is 1. The Bertz CT molecular complexity index is 492. The quantitative estimate of drug-likeness (QED) is 0.795. The van der Waals surface area contributed by atoms with Crippen LogP contribution >= 0.6 is 0 Å². The molecule has 7 nitrogen and oxygen atoms in total. The van der Waals surface area contributed by atoms with Crippen LogP contribution in [0.5, 0.6) is 5.88 Å². The molecule has 1 fully saturated rings. The summed E-state index contributed by atoms with van der Waals surface area (Å²) in [4.78, 5) is 22.2. The van der Waals surface area contributed by atoms with Crippen molar-refractivity contribution in [2.45, 2.75) is 32.9 Å². The number of amides is 1. The first kappa shape index (κ1) is 14.5. The molecule has 3 N–H and O–H groups in total. The van der Waals surface area contributed by atoms with E-state index in [9.17, 15) is 4.79 Å². The lowest BCUT2D eigenvalue weighted by Crippen LogP contribution is -2.57. The van der Waals surface area contributed by atoms with Gasteiger partial charge in [0.15, 0.2) is 0 Å². The number of hydrogen-bond acceptors (Lipinski definition) is 6. The Labute approximate surface area is 118 Å². The highest BCUT2D eigenvalue weighted by Crippen LogP contribution is 2.19. The maximum atomic E-state index is 11.5. The fraction of sp³-hybridized carbons (Fsp3) is 0.615. The summed E-state index contributed by atoms with van der Waals surface area (Å²) >= 11 is 0. The summed E-state index contributed by atoms with van der Waals surface area (Å²) in [6.45, 7) is 7.66. The molecular formula is C13H21N5O2. The molecule has 0 saturated carbocycles. The van der Waals surface area contributed by atoms with Crippen molar-refractivity contribution < 1.29 is 9.53 Å². The predicted molar refractivity (Wildman–Crippen MR) is 75.7 cm³/mol. The van der Waals surface area contributed by atoms with Crippen LogP contribution in [0.4, 0.5) is 5.95 Å². The number of nitrogens with zero attached hydrogens (tertiary/aromatic N) is 3. The molecule has 7 heteroatoms. The van der Waals surface area contributed by atoms with Crippen LogP contribution in [0.15, 0.2) is 6.07 Å². The molecule has 1 unspecified atom stereocenters. The van der Waals surface area contributed by atoms with E-state index in [1.165, 1.54) is 0 Å². The second-order valence-electron chi connectivity index (χ2n) is 5.13. The number of nitrogens with two attached hydrogens (primary N) is 1. The summed E-state index contributed by atoms with van der Waals surface area (Å²) in [7, 11) is 0. The van der Waals surface area contributed by atoms with Gasteiger partial charge < -0.3 is 20.7 Å². The SMILES string of the molecule is Cc1cc(OC(C)C)nc(N2CCNCC2C(N)=O)n1. The molecule has 0 radical (unpaired) electrons. The lowest BCUT2D eigenvalue weighted by Gasteiger charge is -2.34. The van der Waals surface area contributed by atoms with Crippen LogP contribution in [-0.4, -0.2) is 47.7 Å². The van der Waals surface area contributed by atoms with E-state index in [1.54, 1.807) is 6.07 Å². The van der Waals surface area contributed by atoms with E-state index in [0.717, 1.165) is 12.2 Å². The molecule has 0 aromatic carbocycles. The van der Waals surface area contributed by atoms with E-state index >= 15 is 0 Å². The van der Waals surface area contributed by atoms with Crippen LogP contribution < -0.4 is 20.7 Å². The Hall–Kier alpha value is -1.89. The van der Waals surface area contributed by atoms with Crippen molar-refractivity contribution in [3.63, 3.8) is 0 Å². The number of piperazine rings is 1. The molecule has 1 aliphatic rings. The number of primary amides is 1. The van der Waals surface area contributed by atoms with Gasteiger partial charge in [0, 0.05) is 31.4 Å². The van der Waals surface area contributed by atoms with E-state index < -0.39 is 6.04 Å². The molecule has 1 saturated heterocycles. The number of aromatic nitrogens is 2. The van der Waals surface area contributed by atoms with E-state index in [4.69, 9.17) is 10.5 Å². The molecular weight excluding hydrogens is 258 g/mol. The van der Waals surface area contributed by atoms with Crippen molar-refractivity contribution in [3.05, 3.63) is 11.8 Å². The minimum atomic E-state index is -0.433. The second-order valence-corrected chi connectivity index (χ2v) is 5.13. The predicted octanol–water partition coefficient (Wildman–Crippen LogP) is -0.164. The molecule has 1 amide bonds. The number of aryl methyl sites for hydroxylation is 1. The number of hydrogen-bond donors (Lipinski definition) is 2. The smallest absolute Gasteiger partial charge is 0.241 e. The average Bonchev–Trinajstić information content (AvgIpc) is 2.37. The first-order valence-corrected chi connectivity index (χ1v) is 6.76. The van der Waals surface area contributed by atoms with Crippen LogP contribution in [-0.2, 0) is 4.79 Å². The molecule has 0 bridgehead atoms. The van der Waals surface area contributed by atoms with Crippen LogP contribution in [0.1, 0.15) is 19.5 Å². The molecule has 1 aliphatic heterocycles. The third kappa shape index (κ3) is 3.36. The molecule has 2 rings (SSSR count). The van der Waals surface area contributed by atoms with Gasteiger partial charge >= 0.3 is 0 Å². The summed E-state index contributed by atoms with van der Waals surface area (Å²) < 4.78 is 5.61. The van der Waals surface area contributed by atoms with Crippen LogP contribution in [0.2, 0.25) is 0 Å². The summed E-state index contributed by atoms with van der Waals surface area (Å²) in [6, 6.07) is 1.35. The van der Waals surface area contributed by atoms with Crippen molar-refractivity contribution in [1.82, 2.24) is 15.3 Å². The lowest BCUT2D eigenvalue weighted by atomic mass is 10.2. The maximum Gasteiger partial charge on any atom is 0.241 e. The van der Waals surface area contributed by atoms with Crippen LogP contribution in [0.25, 0.3) is 0 Å². The van der Waals surface area contributed by atoms with E-state index in [1.807, 2.05) is 25.7 Å². The van der Waals surface area contributed by atoms with Gasteiger partial charge in [-0.05, 0) is 20.8 Å². The standard InChI is InChI=1S/C13H21N5O2/c1-8(2)20-11-6-9(3)16-13(17-11)18-5-4-15-7-10(18)12(14)19/h6,8,10,15H,4-5,7H2,1-3H3,(H2,14,19). The molecule has 1 aromatic heterocycles. The van der Waals surface area contributed by atoms with E-state index in [2.05, 4.69) is 15.3 Å². The molecule has 0 aliphatic carbocycles. The van der Waals surface area contributed by atoms with Gasteiger partial charge in [-0.2, -0.15) is 4.98 Å². The lowest BCUT2D eigenvalue weighted by molar-refractivity contribution is -0.119. The zero-order chi connectivity index (χ0) is 14.7. The van der Waals surface area contributed by atoms with Gasteiger partial charge in [0.05, 0.1) is 6.10 Å². The number of ether oxygens (including phenoxy) is 1. The third-order valence-corrected chi connectivity index (χ3v) is 3.00. The molecule has 110 valence electrons. The Morgan fingerprint density at radius 1 is 1.55 bits per heavy atom. The van der Waals surface area contributed by atoms with Crippen molar-refractivity contribution in [1.29, 1.82) is 0 Å². The van der Waals surface area contributed by atoms with E-state index in [-0.39, 0.29) is 12.0 Å². The Morgan fingerprint density at radius 3 is 2.95 bits per heavy atom. The van der Waals surface area contributed by atoms with Gasteiger partial charge in [0.25, 0.3) is 0 Å². The van der Waals surface area contributed by atoms with Crippen molar-refractivity contribution >= 4 is 11.9 Å². The summed E-state index contributed by atoms with van der Waals surface area (Å²) in [6.07, 6.45) is 0.0344. The first-order valence-electron chi connectivity index (χ1n) is 6.76. The Morgan fingerprint density at radius 2 is 2.30 bits per heavy atom. The van der Waals surface area contributed by atoms with Crippen LogP contribution in [0, 0.1) is 6.92 Å². The minimum absolute atomic E-state index is 0.0344. The summed E-state index contributed by atoms with van der Waals surface area (Å²) in [5, 5.41) is 3.15. The monoisotopic (exact) mass is 279 g/mol. The summed E-state index contributed by atoms with van der Waals surface area (Å²) in [5.41, 5.74) is 6.24. The first-order chi connectivity index (χ1) is 9.47. The van der Waals surface area contributed by atoms with Crippen molar-refractivity contribution in [2.75, 3.05) is 24.5 Å². The fourth-order valence-electron chi connectivity index (χ4n) is 2.15. The normalized spacial score (nSPS) is 19.2. The number of carbonyl (C=O) groups is 1. The second kappa shape index (κ2) is 6.04. The number of anilines is 1. The molecule has 0 spiro atoms. The largest absolute Gasteiger partial charge is 0.475 e. The molecule has 2 heterocycles. The van der Waals surface area contributed by atoms with Gasteiger partial charge in [-0.15, -0.1) is 0 Å². The zero-order valence-corrected chi connectivity index (χ0v) is 12.1. The van der Waals surface area contributed by atoms with Gasteiger partial charge in [-0.25, -0.2) is 4.98 Å². The topological polar surface area (TPSA) is 93.4 Å². The van der Waals surface area contributed by atoms with Crippen LogP contribution in [0.3, 0.4) is 0 Å². The van der Waals surface area contributed by atoms with Gasteiger partial charge in [-0.1, -0.05) is 0 Å². The molecule has 20 heavy (non-hydrogen) atoms. The number of carbonyl (C=O) groups excluding carboxylic acids is 1. The average molecular weight is 279 g/mol. The highest BCUT2D eigenvalue weighted by molar-refractivity contribution is 5.83. The Balaban J connectivity index is 2.30. The summed E-state index contributed by atoms with van der Waals surface area (Å²) in [5.74, 6) is 0.629. The minimum Gasteiger partial charge on any atom is -0.475 e. The zero-order valence-electron chi connectivity index (χ0n) is 12.1. The van der Waals surface area contributed by atoms with Gasteiger partial charge in [-0.3, -0.25) is 4.79 Å². The highest BCUT2D eigenvalue weighted by atomic mass is 16.5. The van der Waals surface area contributed by atoms with Crippen molar-refractivity contribution in [3.8, 4) is 5.88 Å². The molecule has 1 aromatic rings. The van der Waals surface area contributed by atoms with Gasteiger partial charge in [0.1, 0.15) is 6.04 Å².